The fraction of sp³-hybridized carbons (Fsp3) is 0.444. The van der Waals surface area contributed by atoms with Crippen LogP contribution < -0.4 is 0 Å². The lowest BCUT2D eigenvalue weighted by molar-refractivity contribution is -0.136. The zero-order valence-electron chi connectivity index (χ0n) is 13.4. The minimum absolute atomic E-state index is 0.0791. The Morgan fingerprint density at radius 1 is 1.33 bits per heavy atom. The van der Waals surface area contributed by atoms with E-state index in [4.69, 9.17) is 9.15 Å². The number of carbonyl (C=O) groups is 2. The summed E-state index contributed by atoms with van der Waals surface area (Å²) < 4.78 is 11.8. The minimum Gasteiger partial charge on any atom is -0.451 e. The second-order valence-corrected chi connectivity index (χ2v) is 6.81. The van der Waals surface area contributed by atoms with E-state index >= 15 is 0 Å². The van der Waals surface area contributed by atoms with Gasteiger partial charge in [0.15, 0.2) is 11.5 Å². The molecule has 1 spiro atoms. The predicted molar refractivity (Wildman–Crippen MR) is 85.4 cm³/mol. The van der Waals surface area contributed by atoms with E-state index < -0.39 is 5.72 Å². The van der Waals surface area contributed by atoms with E-state index in [2.05, 4.69) is 0 Å². The number of ether oxygens (including phenoxy) is 1. The zero-order chi connectivity index (χ0) is 16.5. The summed E-state index contributed by atoms with van der Waals surface area (Å²) >= 11 is 0. The molecule has 6 nitrogen and oxygen atoms in total. The molecule has 24 heavy (non-hydrogen) atoms. The lowest BCUT2D eigenvalue weighted by Gasteiger charge is -2.31. The van der Waals surface area contributed by atoms with Crippen LogP contribution in [-0.2, 0) is 9.53 Å². The van der Waals surface area contributed by atoms with Crippen molar-refractivity contribution in [2.75, 3.05) is 19.7 Å². The van der Waals surface area contributed by atoms with Crippen LogP contribution in [0.25, 0.3) is 11.0 Å². The summed E-state index contributed by atoms with van der Waals surface area (Å²) in [5, 5.41) is 0.925. The maximum atomic E-state index is 13.0. The molecule has 2 aromatic rings. The quantitative estimate of drug-likeness (QED) is 0.803. The second-order valence-electron chi connectivity index (χ2n) is 6.81. The Labute approximate surface area is 138 Å². The van der Waals surface area contributed by atoms with Crippen molar-refractivity contribution in [3.63, 3.8) is 0 Å². The topological polar surface area (TPSA) is 63.0 Å². The van der Waals surface area contributed by atoms with Gasteiger partial charge in [-0.25, -0.2) is 0 Å². The third-order valence-electron chi connectivity index (χ3n) is 5.61. The van der Waals surface area contributed by atoms with Crippen molar-refractivity contribution in [2.45, 2.75) is 31.5 Å². The van der Waals surface area contributed by atoms with E-state index in [9.17, 15) is 9.59 Å². The Kier molecular flexibility index (Phi) is 2.69. The summed E-state index contributed by atoms with van der Waals surface area (Å²) in [5.41, 5.74) is 1.15. The highest BCUT2D eigenvalue weighted by molar-refractivity contribution is 5.97. The average Bonchev–Trinajstić information content (AvgIpc) is 3.28. The van der Waals surface area contributed by atoms with Gasteiger partial charge in [-0.3, -0.25) is 9.59 Å². The van der Waals surface area contributed by atoms with Gasteiger partial charge in [0, 0.05) is 24.9 Å². The number of likely N-dealkylation sites (tertiary alicyclic amines) is 1. The molecule has 0 N–H and O–H groups in total. The molecule has 3 fully saturated rings. The summed E-state index contributed by atoms with van der Waals surface area (Å²) in [5.74, 6) is 0.258. The van der Waals surface area contributed by atoms with Crippen molar-refractivity contribution in [1.82, 2.24) is 9.80 Å². The van der Waals surface area contributed by atoms with E-state index in [0.717, 1.165) is 16.5 Å². The van der Waals surface area contributed by atoms with Gasteiger partial charge in [0.1, 0.15) is 5.58 Å². The Morgan fingerprint density at radius 3 is 3.04 bits per heavy atom. The first-order valence-corrected chi connectivity index (χ1v) is 8.35. The Morgan fingerprint density at radius 2 is 2.21 bits per heavy atom. The van der Waals surface area contributed by atoms with E-state index in [1.807, 2.05) is 30.0 Å². The molecule has 0 aliphatic carbocycles. The van der Waals surface area contributed by atoms with Crippen LogP contribution in [-0.4, -0.2) is 53.1 Å². The summed E-state index contributed by atoms with van der Waals surface area (Å²) in [6.45, 7) is 3.73. The molecule has 0 radical (unpaired) electrons. The van der Waals surface area contributed by atoms with Crippen molar-refractivity contribution >= 4 is 22.8 Å². The van der Waals surface area contributed by atoms with Crippen LogP contribution in [0.1, 0.15) is 29.0 Å². The Balaban J connectivity index is 1.51. The number of para-hydroxylation sites is 1. The van der Waals surface area contributed by atoms with Gasteiger partial charge in [0.2, 0.25) is 5.91 Å². The zero-order valence-corrected chi connectivity index (χ0v) is 13.4. The standard InChI is InChI=1S/C18H18N2O4/c1-11-3-2-4-12-9-13(24-16(11)12)17(22)19-6-5-18-14(19)10-15(21)20(18)7-8-23-18/h2-4,9,14H,5-8,10H2,1H3/t14-,18+/m1/s1. The normalized spacial score (nSPS) is 28.7. The molecule has 0 unspecified atom stereocenters. The second kappa shape index (κ2) is 4.60. The molecule has 6 heteroatoms. The number of furan rings is 1. The van der Waals surface area contributed by atoms with Crippen LogP contribution in [0.4, 0.5) is 0 Å². The highest BCUT2D eigenvalue weighted by Gasteiger charge is 2.63. The van der Waals surface area contributed by atoms with Crippen molar-refractivity contribution < 1.29 is 18.7 Å². The van der Waals surface area contributed by atoms with Crippen LogP contribution in [0.3, 0.4) is 0 Å². The molecule has 0 bridgehead atoms. The van der Waals surface area contributed by atoms with Gasteiger partial charge in [-0.15, -0.1) is 0 Å². The Bertz CT molecular complexity index is 873. The largest absolute Gasteiger partial charge is 0.451 e. The SMILES string of the molecule is Cc1cccc2cc(C(=O)N3CC[C@@]45OCCN4C(=O)C[C@@H]35)oc12. The van der Waals surface area contributed by atoms with Crippen LogP contribution in [0.2, 0.25) is 0 Å². The van der Waals surface area contributed by atoms with Gasteiger partial charge in [-0.2, -0.15) is 0 Å². The lowest BCUT2D eigenvalue weighted by atomic mass is 10.1. The number of carbonyl (C=O) groups excluding carboxylic acids is 2. The summed E-state index contributed by atoms with van der Waals surface area (Å²) in [6, 6.07) is 7.43. The third-order valence-corrected chi connectivity index (χ3v) is 5.61. The first kappa shape index (κ1) is 14.0. The van der Waals surface area contributed by atoms with Gasteiger partial charge in [0.25, 0.3) is 5.91 Å². The number of rotatable bonds is 1. The number of hydrogen-bond donors (Lipinski definition) is 0. The van der Waals surface area contributed by atoms with Crippen molar-refractivity contribution in [1.29, 1.82) is 0 Å². The average molecular weight is 326 g/mol. The molecule has 2 amide bonds. The Hall–Kier alpha value is -2.34. The molecule has 3 saturated heterocycles. The molecule has 3 aliphatic heterocycles. The molecule has 5 rings (SSSR count). The lowest BCUT2D eigenvalue weighted by Crippen LogP contribution is -2.48. The number of nitrogens with zero attached hydrogens (tertiary/aromatic N) is 2. The molecule has 2 atom stereocenters. The first-order chi connectivity index (χ1) is 11.6. The fourth-order valence-corrected chi connectivity index (χ4v) is 4.49. The van der Waals surface area contributed by atoms with Gasteiger partial charge >= 0.3 is 0 Å². The van der Waals surface area contributed by atoms with Gasteiger partial charge in [-0.05, 0) is 18.6 Å². The molecule has 3 aliphatic rings. The van der Waals surface area contributed by atoms with Crippen LogP contribution in [0.15, 0.2) is 28.7 Å². The predicted octanol–water partition coefficient (Wildman–Crippen LogP) is 1.91. The highest BCUT2D eigenvalue weighted by Crippen LogP contribution is 2.46. The van der Waals surface area contributed by atoms with E-state index in [-0.39, 0.29) is 17.9 Å². The number of hydrogen-bond acceptors (Lipinski definition) is 4. The monoisotopic (exact) mass is 326 g/mol. The molecule has 1 aromatic heterocycles. The molecule has 1 aromatic carbocycles. The third kappa shape index (κ3) is 1.64. The highest BCUT2D eigenvalue weighted by atomic mass is 16.5. The minimum atomic E-state index is -0.603. The number of benzene rings is 1. The van der Waals surface area contributed by atoms with Crippen molar-refractivity contribution in [3.8, 4) is 0 Å². The molecular formula is C18H18N2O4. The molecule has 4 heterocycles. The summed E-state index contributed by atoms with van der Waals surface area (Å²) in [7, 11) is 0. The van der Waals surface area contributed by atoms with Crippen LogP contribution in [0.5, 0.6) is 0 Å². The fourth-order valence-electron chi connectivity index (χ4n) is 4.49. The van der Waals surface area contributed by atoms with Gasteiger partial charge in [-0.1, -0.05) is 18.2 Å². The van der Waals surface area contributed by atoms with Crippen molar-refractivity contribution in [3.05, 3.63) is 35.6 Å². The van der Waals surface area contributed by atoms with Crippen molar-refractivity contribution in [2.24, 2.45) is 0 Å². The molecular weight excluding hydrogens is 308 g/mol. The van der Waals surface area contributed by atoms with E-state index in [1.165, 1.54) is 0 Å². The number of aryl methyl sites for hydroxylation is 1. The molecule has 124 valence electrons. The van der Waals surface area contributed by atoms with E-state index in [0.29, 0.717) is 38.3 Å². The van der Waals surface area contributed by atoms with E-state index in [1.54, 1.807) is 11.0 Å². The summed E-state index contributed by atoms with van der Waals surface area (Å²) in [4.78, 5) is 28.8. The van der Waals surface area contributed by atoms with Crippen LogP contribution >= 0.6 is 0 Å². The van der Waals surface area contributed by atoms with Crippen LogP contribution in [0, 0.1) is 6.92 Å². The maximum Gasteiger partial charge on any atom is 0.290 e. The van der Waals surface area contributed by atoms with Gasteiger partial charge in [0.05, 0.1) is 19.1 Å². The summed E-state index contributed by atoms with van der Waals surface area (Å²) in [6.07, 6.45) is 1.01. The smallest absolute Gasteiger partial charge is 0.290 e. The first-order valence-electron chi connectivity index (χ1n) is 8.35. The van der Waals surface area contributed by atoms with Gasteiger partial charge < -0.3 is 19.0 Å². The number of amides is 2. The molecule has 0 saturated carbocycles. The number of fused-ring (bicyclic) bond motifs is 1. The maximum absolute atomic E-state index is 13.0.